The minimum absolute atomic E-state index is 0.0620. The Labute approximate surface area is 338 Å². The first-order valence-electron chi connectivity index (χ1n) is 21.8. The number of carbonyl (C=O) groups is 2. The lowest BCUT2D eigenvalue weighted by Gasteiger charge is -2.31. The maximum atomic E-state index is 13.0. The van der Waals surface area contributed by atoms with Gasteiger partial charge in [0.25, 0.3) is 0 Å². The van der Waals surface area contributed by atoms with E-state index in [1.807, 2.05) is 54.6 Å². The molecule has 1 heterocycles. The first-order valence-corrected chi connectivity index (χ1v) is 21.8. The van der Waals surface area contributed by atoms with Crippen molar-refractivity contribution in [3.05, 3.63) is 114 Å². The molecule has 0 radical (unpaired) electrons. The Morgan fingerprint density at radius 3 is 2.12 bits per heavy atom. The van der Waals surface area contributed by atoms with E-state index in [1.165, 1.54) is 73.9 Å². The monoisotopic (exact) mass is 765 g/mol. The van der Waals surface area contributed by atoms with E-state index in [9.17, 15) is 9.59 Å². The van der Waals surface area contributed by atoms with Gasteiger partial charge in [-0.15, -0.1) is 0 Å². The third kappa shape index (κ3) is 9.33. The van der Waals surface area contributed by atoms with Crippen molar-refractivity contribution in [1.82, 2.24) is 10.2 Å². The summed E-state index contributed by atoms with van der Waals surface area (Å²) >= 11 is 0. The van der Waals surface area contributed by atoms with Crippen molar-refractivity contribution >= 4 is 29.1 Å². The molecule has 8 nitrogen and oxygen atoms in total. The number of hydrogen-bond donors (Lipinski definition) is 4. The lowest BCUT2D eigenvalue weighted by atomic mass is 9.93. The predicted octanol–water partition coefficient (Wildman–Crippen LogP) is 9.86. The fraction of sp³-hybridized carbons (Fsp3) is 0.469. The van der Waals surface area contributed by atoms with Gasteiger partial charge in [-0.05, 0) is 128 Å². The van der Waals surface area contributed by atoms with Gasteiger partial charge in [-0.25, -0.2) is 4.79 Å². The number of piperidine rings is 1. The Bertz CT molecular complexity index is 2010. The summed E-state index contributed by atoms with van der Waals surface area (Å²) in [7, 11) is 0. The van der Waals surface area contributed by atoms with E-state index < -0.39 is 6.09 Å². The molecule has 6 unspecified atom stereocenters. The molecule has 8 heteroatoms. The zero-order valence-corrected chi connectivity index (χ0v) is 33.3. The Balaban J connectivity index is 0.739. The van der Waals surface area contributed by atoms with Crippen molar-refractivity contribution in [3.8, 4) is 11.1 Å². The van der Waals surface area contributed by atoms with E-state index in [4.69, 9.17) is 4.74 Å². The van der Waals surface area contributed by atoms with E-state index >= 15 is 0 Å². The summed E-state index contributed by atoms with van der Waals surface area (Å²) in [5, 5.41) is 14.1. The van der Waals surface area contributed by atoms with Gasteiger partial charge in [-0.1, -0.05) is 85.6 Å². The van der Waals surface area contributed by atoms with Gasteiger partial charge in [0.2, 0.25) is 5.91 Å². The number of carbonyl (C=O) groups excluding carboxylic acids is 2. The molecule has 4 aromatic rings. The molecule has 0 spiro atoms. The van der Waals surface area contributed by atoms with E-state index in [0.29, 0.717) is 31.6 Å². The number of likely N-dealkylation sites (tertiary alicyclic amines) is 1. The minimum Gasteiger partial charge on any atom is -0.446 e. The van der Waals surface area contributed by atoms with Crippen LogP contribution >= 0.6 is 0 Å². The van der Waals surface area contributed by atoms with Gasteiger partial charge in [0, 0.05) is 61.6 Å². The second kappa shape index (κ2) is 17.4. The quantitative estimate of drug-likeness (QED) is 0.102. The summed E-state index contributed by atoms with van der Waals surface area (Å²) in [6.45, 7) is 2.81. The molecule has 1 saturated heterocycles. The first-order chi connectivity index (χ1) is 28.0. The van der Waals surface area contributed by atoms with E-state index in [-0.39, 0.29) is 12.0 Å². The van der Waals surface area contributed by atoms with Gasteiger partial charge in [0.15, 0.2) is 0 Å². The van der Waals surface area contributed by atoms with Crippen LogP contribution in [-0.2, 0) is 22.5 Å². The smallest absolute Gasteiger partial charge is 0.411 e. The summed E-state index contributed by atoms with van der Waals surface area (Å²) < 4.78 is 5.82. The molecule has 57 heavy (non-hydrogen) atoms. The zero-order valence-electron chi connectivity index (χ0n) is 33.3. The van der Waals surface area contributed by atoms with Gasteiger partial charge in [-0.2, -0.15) is 0 Å². The fourth-order valence-electron chi connectivity index (χ4n) is 10.8. The van der Waals surface area contributed by atoms with Crippen molar-refractivity contribution in [1.29, 1.82) is 0 Å². The number of para-hydroxylation sites is 1. The van der Waals surface area contributed by atoms with Crippen LogP contribution < -0.4 is 21.3 Å². The SMILES string of the molecule is O=C(CCN1CCC(OC(=O)Nc2ccccc2-c2ccccc2)CC1)NCc1cccc(Cc2cc(NC3CC4CCC3C4)ccc2NC2CC3CCC2C3)c1. The van der Waals surface area contributed by atoms with Crippen molar-refractivity contribution in [3.63, 3.8) is 0 Å². The normalized spacial score (nSPS) is 25.3. The number of benzene rings is 4. The average Bonchev–Trinajstić information content (AvgIpc) is 4.06. The standard InChI is InChI=1S/C49H59N5O3/c55-48(21-24-54-22-19-42(20-23-54)57-49(56)53-45-12-5-4-11-43(45)37-9-2-1-3-10-37)50-32-36-8-6-7-33(25-36)28-40-31-41(51-46-29-34-13-15-38(46)26-34)17-18-44(40)52-47-30-35-14-16-39(47)27-35/h1-12,17-18,25,31,34-35,38-39,42,46-47,51-52H,13-16,19-24,26-30,32H2,(H,50,55)(H,53,56). The van der Waals surface area contributed by atoms with Gasteiger partial charge < -0.3 is 25.6 Å². The number of ether oxygens (including phenoxy) is 1. The molecule has 6 atom stereocenters. The van der Waals surface area contributed by atoms with Crippen LogP contribution in [-0.4, -0.2) is 54.7 Å². The van der Waals surface area contributed by atoms with Crippen molar-refractivity contribution < 1.29 is 14.3 Å². The van der Waals surface area contributed by atoms with Crippen molar-refractivity contribution in [2.45, 2.75) is 102 Å². The van der Waals surface area contributed by atoms with Crippen LogP contribution in [0.5, 0.6) is 0 Å². The predicted molar refractivity (Wildman–Crippen MR) is 229 cm³/mol. The van der Waals surface area contributed by atoms with Crippen molar-refractivity contribution in [2.24, 2.45) is 23.7 Å². The van der Waals surface area contributed by atoms with Gasteiger partial charge >= 0.3 is 6.09 Å². The van der Waals surface area contributed by atoms with Gasteiger partial charge in [0.05, 0.1) is 5.69 Å². The third-order valence-electron chi connectivity index (χ3n) is 13.9. The average molecular weight is 766 g/mol. The van der Waals surface area contributed by atoms with Gasteiger partial charge in [0.1, 0.15) is 6.10 Å². The Morgan fingerprint density at radius 2 is 1.39 bits per heavy atom. The lowest BCUT2D eigenvalue weighted by Crippen LogP contribution is -2.40. The van der Waals surface area contributed by atoms with Crippen LogP contribution in [0.3, 0.4) is 0 Å². The highest BCUT2D eigenvalue weighted by molar-refractivity contribution is 5.91. The van der Waals surface area contributed by atoms with Crippen LogP contribution in [0, 0.1) is 23.7 Å². The molecule has 0 aromatic heterocycles. The van der Waals surface area contributed by atoms with E-state index in [0.717, 1.165) is 78.4 Å². The molecule has 4 saturated carbocycles. The van der Waals surface area contributed by atoms with Crippen molar-refractivity contribution in [2.75, 3.05) is 35.6 Å². The summed E-state index contributed by atoms with van der Waals surface area (Å²) in [6.07, 6.45) is 13.2. The number of nitrogens with zero attached hydrogens (tertiary/aromatic N) is 1. The van der Waals surface area contributed by atoms with Gasteiger partial charge in [-0.3, -0.25) is 10.1 Å². The Hall–Kier alpha value is -4.82. The number of nitrogens with one attached hydrogen (secondary N) is 4. The molecule has 4 aliphatic carbocycles. The van der Waals surface area contributed by atoms with Crippen LogP contribution in [0.4, 0.5) is 21.9 Å². The fourth-order valence-corrected chi connectivity index (χ4v) is 10.8. The highest BCUT2D eigenvalue weighted by Crippen LogP contribution is 2.47. The molecule has 5 aliphatic rings. The topological polar surface area (TPSA) is 94.7 Å². The van der Waals surface area contributed by atoms with Crippen LogP contribution in [0.1, 0.15) is 87.3 Å². The molecular weight excluding hydrogens is 707 g/mol. The summed E-state index contributed by atoms with van der Waals surface area (Å²) in [4.78, 5) is 28.2. The number of anilines is 3. The maximum absolute atomic E-state index is 13.0. The molecule has 4 aromatic carbocycles. The molecule has 9 rings (SSSR count). The molecule has 4 bridgehead atoms. The first kappa shape index (κ1) is 37.7. The summed E-state index contributed by atoms with van der Waals surface area (Å²) in [6, 6.07) is 34.8. The second-order valence-electron chi connectivity index (χ2n) is 17.7. The van der Waals surface area contributed by atoms with Crippen LogP contribution in [0.2, 0.25) is 0 Å². The Morgan fingerprint density at radius 1 is 0.667 bits per heavy atom. The number of fused-ring (bicyclic) bond motifs is 4. The minimum atomic E-state index is -0.426. The third-order valence-corrected chi connectivity index (χ3v) is 13.9. The second-order valence-corrected chi connectivity index (χ2v) is 17.7. The zero-order chi connectivity index (χ0) is 38.6. The van der Waals surface area contributed by atoms with E-state index in [2.05, 4.69) is 68.6 Å². The highest BCUT2D eigenvalue weighted by Gasteiger charge is 2.40. The number of amides is 2. The van der Waals surface area contributed by atoms with Crippen LogP contribution in [0.15, 0.2) is 97.1 Å². The summed E-state index contributed by atoms with van der Waals surface area (Å²) in [5.74, 6) is 3.54. The largest absolute Gasteiger partial charge is 0.446 e. The summed E-state index contributed by atoms with van der Waals surface area (Å²) in [5.41, 5.74) is 9.04. The lowest BCUT2D eigenvalue weighted by molar-refractivity contribution is -0.121. The molecule has 5 fully saturated rings. The molecule has 298 valence electrons. The molecule has 2 amide bonds. The Kier molecular flexibility index (Phi) is 11.5. The number of rotatable bonds is 14. The molecule has 1 aliphatic heterocycles. The molecular formula is C49H59N5O3. The highest BCUT2D eigenvalue weighted by atomic mass is 16.6. The van der Waals surface area contributed by atoms with E-state index in [1.54, 1.807) is 0 Å². The number of hydrogen-bond acceptors (Lipinski definition) is 6. The molecule has 4 N–H and O–H groups in total. The van der Waals surface area contributed by atoms with Crippen LogP contribution in [0.25, 0.3) is 11.1 Å². The maximum Gasteiger partial charge on any atom is 0.411 e.